The number of halogens is 2. The minimum atomic E-state index is -1.67. The molecule has 1 unspecified atom stereocenters. The number of aliphatic carboxylic acids is 1. The van der Waals surface area contributed by atoms with Crippen LogP contribution in [-0.2, 0) is 10.3 Å². The van der Waals surface area contributed by atoms with Crippen LogP contribution in [0.1, 0.15) is 18.1 Å². The standard InChI is InChI=1S/C14H20F2N2O2/c1-9-7-12(16)10(8-11(9)15)14(2,13(19)20)17-5-6-18(3)4/h7-8,17H,5-6H2,1-4H3,(H,19,20). The van der Waals surface area contributed by atoms with Crippen LogP contribution >= 0.6 is 0 Å². The summed E-state index contributed by atoms with van der Waals surface area (Å²) in [4.78, 5) is 13.3. The highest BCUT2D eigenvalue weighted by atomic mass is 19.1. The third kappa shape index (κ3) is 3.52. The fourth-order valence-corrected chi connectivity index (χ4v) is 1.84. The summed E-state index contributed by atoms with van der Waals surface area (Å²) in [6.45, 7) is 3.68. The molecule has 0 bridgehead atoms. The molecule has 4 nitrogen and oxygen atoms in total. The van der Waals surface area contributed by atoms with Crippen molar-refractivity contribution in [2.24, 2.45) is 0 Å². The number of hydrogen-bond donors (Lipinski definition) is 2. The predicted octanol–water partition coefficient (Wildman–Crippen LogP) is 1.72. The minimum Gasteiger partial charge on any atom is -0.480 e. The summed E-state index contributed by atoms with van der Waals surface area (Å²) < 4.78 is 27.6. The first-order valence-corrected chi connectivity index (χ1v) is 6.27. The Bertz CT molecular complexity index is 506. The van der Waals surface area contributed by atoms with Gasteiger partial charge < -0.3 is 10.0 Å². The van der Waals surface area contributed by atoms with Crippen LogP contribution in [0.2, 0.25) is 0 Å². The van der Waals surface area contributed by atoms with E-state index >= 15 is 0 Å². The molecule has 0 heterocycles. The molecule has 1 aromatic rings. The van der Waals surface area contributed by atoms with E-state index in [1.165, 1.54) is 13.8 Å². The third-order valence-electron chi connectivity index (χ3n) is 3.25. The topological polar surface area (TPSA) is 52.6 Å². The van der Waals surface area contributed by atoms with Gasteiger partial charge in [-0.3, -0.25) is 5.32 Å². The summed E-state index contributed by atoms with van der Waals surface area (Å²) in [5.74, 6) is -2.60. The van der Waals surface area contributed by atoms with Crippen LogP contribution in [-0.4, -0.2) is 43.2 Å². The molecular weight excluding hydrogens is 266 g/mol. The number of nitrogens with one attached hydrogen (secondary N) is 1. The van der Waals surface area contributed by atoms with E-state index in [1.54, 1.807) is 0 Å². The molecule has 0 radical (unpaired) electrons. The quantitative estimate of drug-likeness (QED) is 0.836. The number of carbonyl (C=O) groups is 1. The number of rotatable bonds is 6. The van der Waals surface area contributed by atoms with Crippen molar-refractivity contribution in [3.63, 3.8) is 0 Å². The molecule has 0 amide bonds. The van der Waals surface area contributed by atoms with Crippen LogP contribution < -0.4 is 5.32 Å². The van der Waals surface area contributed by atoms with E-state index < -0.39 is 23.1 Å². The normalized spacial score (nSPS) is 14.3. The fourth-order valence-electron chi connectivity index (χ4n) is 1.84. The van der Waals surface area contributed by atoms with Crippen molar-refractivity contribution in [1.82, 2.24) is 10.2 Å². The Morgan fingerprint density at radius 3 is 2.45 bits per heavy atom. The molecular formula is C14H20F2N2O2. The van der Waals surface area contributed by atoms with Crippen LogP contribution in [0, 0.1) is 18.6 Å². The predicted molar refractivity (Wildman–Crippen MR) is 72.6 cm³/mol. The molecule has 6 heteroatoms. The van der Waals surface area contributed by atoms with Crippen molar-refractivity contribution in [3.05, 3.63) is 34.9 Å². The zero-order chi connectivity index (χ0) is 15.5. The van der Waals surface area contributed by atoms with Gasteiger partial charge in [-0.2, -0.15) is 0 Å². The van der Waals surface area contributed by atoms with Crippen LogP contribution in [0.25, 0.3) is 0 Å². The molecule has 0 aliphatic rings. The smallest absolute Gasteiger partial charge is 0.328 e. The van der Waals surface area contributed by atoms with Crippen molar-refractivity contribution < 1.29 is 18.7 Å². The molecule has 0 spiro atoms. The Morgan fingerprint density at radius 2 is 1.95 bits per heavy atom. The summed E-state index contributed by atoms with van der Waals surface area (Å²) in [5.41, 5.74) is -1.73. The molecule has 0 aliphatic carbocycles. The summed E-state index contributed by atoms with van der Waals surface area (Å²) in [6.07, 6.45) is 0. The molecule has 112 valence electrons. The Balaban J connectivity index is 3.13. The van der Waals surface area contributed by atoms with Crippen molar-refractivity contribution in [2.75, 3.05) is 27.2 Å². The summed E-state index contributed by atoms with van der Waals surface area (Å²) in [7, 11) is 3.68. The van der Waals surface area contributed by atoms with Gasteiger partial charge in [-0.05, 0) is 45.6 Å². The van der Waals surface area contributed by atoms with Gasteiger partial charge in [0.2, 0.25) is 0 Å². The Hall–Kier alpha value is -1.53. The molecule has 1 aromatic carbocycles. The van der Waals surface area contributed by atoms with Gasteiger partial charge in [0, 0.05) is 18.7 Å². The minimum absolute atomic E-state index is 0.146. The molecule has 1 atom stereocenters. The maximum Gasteiger partial charge on any atom is 0.328 e. The third-order valence-corrected chi connectivity index (χ3v) is 3.25. The highest BCUT2D eigenvalue weighted by Crippen LogP contribution is 2.26. The van der Waals surface area contributed by atoms with Crippen molar-refractivity contribution in [1.29, 1.82) is 0 Å². The molecule has 0 aliphatic heterocycles. The zero-order valence-electron chi connectivity index (χ0n) is 12.1. The van der Waals surface area contributed by atoms with E-state index in [9.17, 15) is 18.7 Å². The molecule has 0 saturated carbocycles. The Kier molecular flexibility index (Phi) is 5.19. The van der Waals surface area contributed by atoms with Gasteiger partial charge >= 0.3 is 5.97 Å². The number of benzene rings is 1. The zero-order valence-corrected chi connectivity index (χ0v) is 12.1. The molecule has 0 aromatic heterocycles. The van der Waals surface area contributed by atoms with Gasteiger partial charge in [0.25, 0.3) is 0 Å². The van der Waals surface area contributed by atoms with E-state index in [4.69, 9.17) is 0 Å². The fraction of sp³-hybridized carbons (Fsp3) is 0.500. The number of carboxylic acids is 1. The van der Waals surface area contributed by atoms with E-state index in [0.29, 0.717) is 13.1 Å². The average molecular weight is 286 g/mol. The van der Waals surface area contributed by atoms with Crippen molar-refractivity contribution in [2.45, 2.75) is 19.4 Å². The van der Waals surface area contributed by atoms with Crippen LogP contribution in [0.4, 0.5) is 8.78 Å². The molecule has 20 heavy (non-hydrogen) atoms. The number of aryl methyl sites for hydroxylation is 1. The van der Waals surface area contributed by atoms with Gasteiger partial charge in [0.05, 0.1) is 0 Å². The maximum atomic E-state index is 14.0. The molecule has 0 saturated heterocycles. The first-order chi connectivity index (χ1) is 9.18. The second-order valence-corrected chi connectivity index (χ2v) is 5.24. The van der Waals surface area contributed by atoms with Crippen LogP contribution in [0.15, 0.2) is 12.1 Å². The lowest BCUT2D eigenvalue weighted by Crippen LogP contribution is -2.49. The SMILES string of the molecule is Cc1cc(F)c(C(C)(NCCN(C)C)C(=O)O)cc1F. The van der Waals surface area contributed by atoms with Gasteiger partial charge in [0.15, 0.2) is 0 Å². The van der Waals surface area contributed by atoms with E-state index in [2.05, 4.69) is 5.32 Å². The van der Waals surface area contributed by atoms with Crippen molar-refractivity contribution in [3.8, 4) is 0 Å². The van der Waals surface area contributed by atoms with E-state index in [0.717, 1.165) is 12.1 Å². The van der Waals surface area contributed by atoms with Crippen LogP contribution in [0.5, 0.6) is 0 Å². The summed E-state index contributed by atoms with van der Waals surface area (Å²) in [5, 5.41) is 12.2. The monoisotopic (exact) mass is 286 g/mol. The van der Waals surface area contributed by atoms with Gasteiger partial charge in [-0.25, -0.2) is 13.6 Å². The Labute approximate surface area is 117 Å². The van der Waals surface area contributed by atoms with Gasteiger partial charge in [-0.1, -0.05) is 0 Å². The first-order valence-electron chi connectivity index (χ1n) is 6.27. The van der Waals surface area contributed by atoms with Gasteiger partial charge in [-0.15, -0.1) is 0 Å². The second-order valence-electron chi connectivity index (χ2n) is 5.24. The van der Waals surface area contributed by atoms with Gasteiger partial charge in [0.1, 0.15) is 17.2 Å². The largest absolute Gasteiger partial charge is 0.480 e. The van der Waals surface area contributed by atoms with Crippen molar-refractivity contribution >= 4 is 5.97 Å². The summed E-state index contributed by atoms with van der Waals surface area (Å²) in [6, 6.07) is 1.96. The lowest BCUT2D eigenvalue weighted by molar-refractivity contribution is -0.144. The first kappa shape index (κ1) is 16.5. The number of likely N-dealkylation sites (N-methyl/N-ethyl adjacent to an activating group) is 1. The number of carboxylic acid groups (broad SMARTS) is 1. The van der Waals surface area contributed by atoms with Crippen LogP contribution in [0.3, 0.4) is 0 Å². The van der Waals surface area contributed by atoms with E-state index in [1.807, 2.05) is 19.0 Å². The number of hydrogen-bond acceptors (Lipinski definition) is 3. The average Bonchev–Trinajstić information content (AvgIpc) is 2.32. The lowest BCUT2D eigenvalue weighted by Gasteiger charge is -2.28. The van der Waals surface area contributed by atoms with E-state index in [-0.39, 0.29) is 11.1 Å². The molecule has 1 rings (SSSR count). The molecule has 0 fully saturated rings. The summed E-state index contributed by atoms with van der Waals surface area (Å²) >= 11 is 0. The lowest BCUT2D eigenvalue weighted by atomic mass is 9.90. The molecule has 2 N–H and O–H groups in total. The number of nitrogens with zero attached hydrogens (tertiary/aromatic N) is 1. The highest BCUT2D eigenvalue weighted by Gasteiger charge is 2.37. The second kappa shape index (κ2) is 6.28. The Morgan fingerprint density at radius 1 is 1.35 bits per heavy atom. The maximum absolute atomic E-state index is 14.0. The highest BCUT2D eigenvalue weighted by molar-refractivity contribution is 5.80.